The largest absolute Gasteiger partial charge is 0.384 e. The number of thiophene rings is 1. The topological polar surface area (TPSA) is 85.2 Å². The summed E-state index contributed by atoms with van der Waals surface area (Å²) in [5.41, 5.74) is 0.760. The van der Waals surface area contributed by atoms with Gasteiger partial charge in [0.1, 0.15) is 11.4 Å². The lowest BCUT2D eigenvalue weighted by Crippen LogP contribution is -2.48. The normalized spacial score (nSPS) is 16.7. The molecule has 1 saturated heterocycles. The van der Waals surface area contributed by atoms with E-state index in [1.54, 1.807) is 7.11 Å². The summed E-state index contributed by atoms with van der Waals surface area (Å²) < 4.78 is 6.77. The molecule has 26 heavy (non-hydrogen) atoms. The first-order valence-electron chi connectivity index (χ1n) is 8.87. The van der Waals surface area contributed by atoms with E-state index in [1.807, 2.05) is 13.8 Å². The van der Waals surface area contributed by atoms with E-state index < -0.39 is 0 Å². The predicted octanol–water partition coefficient (Wildman–Crippen LogP) is 1.21. The molecule has 2 N–H and O–H groups in total. The fraction of sp³-hybridized carbons (Fsp3) is 0.611. The SMILES string of the molecule is COCC1(CNC(=O)Cn2cnc3sc(C)c(C)c3c2=O)CCNCC1. The van der Waals surface area contributed by atoms with Gasteiger partial charge in [0.05, 0.1) is 18.3 Å². The van der Waals surface area contributed by atoms with Gasteiger partial charge < -0.3 is 15.4 Å². The van der Waals surface area contributed by atoms with Gasteiger partial charge in [-0.3, -0.25) is 14.2 Å². The molecule has 0 spiro atoms. The number of carbonyl (C=O) groups is 1. The maximum atomic E-state index is 12.7. The molecule has 0 aromatic carbocycles. The van der Waals surface area contributed by atoms with Gasteiger partial charge in [0.2, 0.25) is 5.91 Å². The van der Waals surface area contributed by atoms with Crippen LogP contribution < -0.4 is 16.2 Å². The molecule has 2 aromatic rings. The summed E-state index contributed by atoms with van der Waals surface area (Å²) in [6.45, 7) is 6.92. The molecule has 8 heteroatoms. The first-order valence-corrected chi connectivity index (χ1v) is 9.69. The smallest absolute Gasteiger partial charge is 0.262 e. The summed E-state index contributed by atoms with van der Waals surface area (Å²) in [7, 11) is 1.69. The van der Waals surface area contributed by atoms with Gasteiger partial charge in [-0.25, -0.2) is 4.98 Å². The van der Waals surface area contributed by atoms with E-state index in [9.17, 15) is 9.59 Å². The van der Waals surface area contributed by atoms with Crippen molar-refractivity contribution in [3.05, 3.63) is 27.1 Å². The van der Waals surface area contributed by atoms with Gasteiger partial charge in [-0.05, 0) is 45.3 Å². The van der Waals surface area contributed by atoms with Crippen LogP contribution in [-0.2, 0) is 16.1 Å². The number of nitrogens with one attached hydrogen (secondary N) is 2. The van der Waals surface area contributed by atoms with Crippen molar-refractivity contribution >= 4 is 27.5 Å². The number of nitrogens with zero attached hydrogens (tertiary/aromatic N) is 2. The number of hydrogen-bond donors (Lipinski definition) is 2. The molecule has 2 aromatic heterocycles. The second-order valence-corrected chi connectivity index (χ2v) is 8.30. The molecular formula is C18H26N4O3S. The second kappa shape index (κ2) is 7.85. The zero-order valence-corrected chi connectivity index (χ0v) is 16.4. The summed E-state index contributed by atoms with van der Waals surface area (Å²) in [5.74, 6) is -0.174. The minimum absolute atomic E-state index is 0.0164. The van der Waals surface area contributed by atoms with Crippen LogP contribution in [0.25, 0.3) is 10.2 Å². The number of carbonyl (C=O) groups excluding carboxylic acids is 1. The Morgan fingerprint density at radius 1 is 1.42 bits per heavy atom. The fourth-order valence-electron chi connectivity index (χ4n) is 3.51. The van der Waals surface area contributed by atoms with Crippen LogP contribution in [0.3, 0.4) is 0 Å². The van der Waals surface area contributed by atoms with Crippen LogP contribution in [0.15, 0.2) is 11.1 Å². The number of ether oxygens (including phenoxy) is 1. The maximum Gasteiger partial charge on any atom is 0.262 e. The standard InChI is InChI=1S/C18H26N4O3S/c1-12-13(2)26-16-15(12)17(24)22(11-21-16)8-14(23)20-9-18(10-25-3)4-6-19-7-5-18/h11,19H,4-10H2,1-3H3,(H,20,23). The zero-order valence-electron chi connectivity index (χ0n) is 15.6. The number of aryl methyl sites for hydroxylation is 2. The van der Waals surface area contributed by atoms with Gasteiger partial charge in [-0.2, -0.15) is 0 Å². The summed E-state index contributed by atoms with van der Waals surface area (Å²) in [5, 5.41) is 6.95. The van der Waals surface area contributed by atoms with Crippen LogP contribution in [0.2, 0.25) is 0 Å². The number of fused-ring (bicyclic) bond motifs is 1. The molecule has 1 aliphatic heterocycles. The maximum absolute atomic E-state index is 12.7. The van der Waals surface area contributed by atoms with Crippen molar-refractivity contribution in [2.24, 2.45) is 5.41 Å². The number of aromatic nitrogens is 2. The van der Waals surface area contributed by atoms with Gasteiger partial charge in [-0.1, -0.05) is 0 Å². The third-order valence-corrected chi connectivity index (χ3v) is 6.36. The number of amides is 1. The Morgan fingerprint density at radius 3 is 2.85 bits per heavy atom. The Morgan fingerprint density at radius 2 is 2.15 bits per heavy atom. The lowest BCUT2D eigenvalue weighted by atomic mass is 9.79. The molecular weight excluding hydrogens is 352 g/mol. The van der Waals surface area contributed by atoms with Crippen LogP contribution in [0.1, 0.15) is 23.3 Å². The van der Waals surface area contributed by atoms with Gasteiger partial charge in [0, 0.05) is 23.9 Å². The Kier molecular flexibility index (Phi) is 5.74. The lowest BCUT2D eigenvalue weighted by Gasteiger charge is -2.37. The van der Waals surface area contributed by atoms with Crippen LogP contribution in [-0.4, -0.2) is 48.8 Å². The van der Waals surface area contributed by atoms with Gasteiger partial charge in [0.25, 0.3) is 5.56 Å². The first kappa shape index (κ1) is 19.0. The third kappa shape index (κ3) is 3.82. The molecule has 1 amide bonds. The lowest BCUT2D eigenvalue weighted by molar-refractivity contribution is -0.122. The molecule has 0 radical (unpaired) electrons. The zero-order chi connectivity index (χ0) is 18.7. The summed E-state index contributed by atoms with van der Waals surface area (Å²) in [6.07, 6.45) is 3.39. The minimum Gasteiger partial charge on any atom is -0.384 e. The van der Waals surface area contributed by atoms with Crippen molar-refractivity contribution in [3.63, 3.8) is 0 Å². The van der Waals surface area contributed by atoms with E-state index in [0.29, 0.717) is 18.5 Å². The summed E-state index contributed by atoms with van der Waals surface area (Å²) in [4.78, 5) is 31.3. The fourth-order valence-corrected chi connectivity index (χ4v) is 4.50. The minimum atomic E-state index is -0.174. The second-order valence-electron chi connectivity index (χ2n) is 7.10. The van der Waals surface area contributed by atoms with Crippen molar-refractivity contribution in [2.75, 3.05) is 33.4 Å². The molecule has 0 aliphatic carbocycles. The number of methoxy groups -OCH3 is 1. The van der Waals surface area contributed by atoms with Crippen molar-refractivity contribution in [1.82, 2.24) is 20.2 Å². The van der Waals surface area contributed by atoms with Crippen LogP contribution in [0.4, 0.5) is 0 Å². The van der Waals surface area contributed by atoms with E-state index >= 15 is 0 Å². The van der Waals surface area contributed by atoms with Crippen molar-refractivity contribution in [2.45, 2.75) is 33.2 Å². The van der Waals surface area contributed by atoms with Gasteiger partial charge in [-0.15, -0.1) is 11.3 Å². The first-order chi connectivity index (χ1) is 12.5. The van der Waals surface area contributed by atoms with Crippen LogP contribution >= 0.6 is 11.3 Å². The molecule has 0 unspecified atom stereocenters. The quantitative estimate of drug-likeness (QED) is 0.789. The van der Waals surface area contributed by atoms with E-state index in [0.717, 1.165) is 41.2 Å². The highest BCUT2D eigenvalue weighted by molar-refractivity contribution is 7.18. The van der Waals surface area contributed by atoms with E-state index in [4.69, 9.17) is 4.74 Å². The van der Waals surface area contributed by atoms with Gasteiger partial charge >= 0.3 is 0 Å². The molecule has 1 fully saturated rings. The Balaban J connectivity index is 1.70. The van der Waals surface area contributed by atoms with Crippen molar-refractivity contribution < 1.29 is 9.53 Å². The highest BCUT2D eigenvalue weighted by atomic mass is 32.1. The average molecular weight is 378 g/mol. The molecule has 142 valence electrons. The molecule has 3 heterocycles. The Labute approximate surface area is 156 Å². The highest BCUT2D eigenvalue weighted by Crippen LogP contribution is 2.28. The van der Waals surface area contributed by atoms with Crippen LogP contribution in [0.5, 0.6) is 0 Å². The predicted molar refractivity (Wildman–Crippen MR) is 103 cm³/mol. The van der Waals surface area contributed by atoms with Crippen LogP contribution in [0, 0.1) is 19.3 Å². The number of piperidine rings is 1. The summed E-state index contributed by atoms with van der Waals surface area (Å²) >= 11 is 1.51. The van der Waals surface area contributed by atoms with E-state index in [2.05, 4.69) is 15.6 Å². The van der Waals surface area contributed by atoms with Crippen molar-refractivity contribution in [3.8, 4) is 0 Å². The third-order valence-electron chi connectivity index (χ3n) is 5.25. The monoisotopic (exact) mass is 378 g/mol. The molecule has 1 aliphatic rings. The van der Waals surface area contributed by atoms with Crippen molar-refractivity contribution in [1.29, 1.82) is 0 Å². The molecule has 7 nitrogen and oxygen atoms in total. The van der Waals surface area contributed by atoms with Gasteiger partial charge in [0.15, 0.2) is 0 Å². The molecule has 0 bridgehead atoms. The molecule has 0 saturated carbocycles. The highest BCUT2D eigenvalue weighted by Gasteiger charge is 2.32. The molecule has 3 rings (SSSR count). The molecule has 0 atom stereocenters. The van der Waals surface area contributed by atoms with E-state index in [1.165, 1.54) is 22.2 Å². The number of hydrogen-bond acceptors (Lipinski definition) is 6. The summed E-state index contributed by atoms with van der Waals surface area (Å²) in [6, 6.07) is 0. The Hall–Kier alpha value is -1.77. The number of rotatable bonds is 6. The average Bonchev–Trinajstić information content (AvgIpc) is 2.92. The Bertz CT molecular complexity index is 846. The van der Waals surface area contributed by atoms with E-state index in [-0.39, 0.29) is 23.4 Å².